The summed E-state index contributed by atoms with van der Waals surface area (Å²) in [7, 11) is 1.62. The van der Waals surface area contributed by atoms with E-state index < -0.39 is 0 Å². The molecule has 0 saturated carbocycles. The van der Waals surface area contributed by atoms with Gasteiger partial charge in [-0.05, 0) is 30.3 Å². The number of nitrogens with zero attached hydrogens (tertiary/aromatic N) is 5. The number of ether oxygens (including phenoxy) is 1. The Morgan fingerprint density at radius 3 is 2.54 bits per heavy atom. The van der Waals surface area contributed by atoms with E-state index >= 15 is 0 Å². The number of anilines is 2. The molecule has 3 aromatic heterocycles. The molecule has 4 rings (SSSR count). The average molecular weight is 380 g/mol. The maximum Gasteiger partial charge on any atom is 0.252 e. The van der Waals surface area contributed by atoms with Crippen molar-refractivity contribution < 1.29 is 9.53 Å². The Hall–Kier alpha value is -3.13. The average Bonchev–Trinajstić information content (AvgIpc) is 3.18. The Balaban J connectivity index is 1.48. The summed E-state index contributed by atoms with van der Waals surface area (Å²) in [6.07, 6.45) is 5.45. The second kappa shape index (κ2) is 8.26. The van der Waals surface area contributed by atoms with Gasteiger partial charge in [0.1, 0.15) is 5.82 Å². The highest BCUT2D eigenvalue weighted by Crippen LogP contribution is 2.22. The van der Waals surface area contributed by atoms with Gasteiger partial charge >= 0.3 is 0 Å². The second-order valence-corrected chi connectivity index (χ2v) is 6.68. The van der Waals surface area contributed by atoms with Crippen molar-refractivity contribution in [1.29, 1.82) is 0 Å². The maximum atomic E-state index is 12.4. The van der Waals surface area contributed by atoms with Crippen molar-refractivity contribution in [3.63, 3.8) is 0 Å². The van der Waals surface area contributed by atoms with Crippen LogP contribution >= 0.6 is 0 Å². The quantitative estimate of drug-likeness (QED) is 0.652. The fraction of sp³-hybridized carbons (Fsp3) is 0.350. The fourth-order valence-corrected chi connectivity index (χ4v) is 3.44. The van der Waals surface area contributed by atoms with E-state index in [2.05, 4.69) is 41.6 Å². The number of hydrogen-bond acceptors (Lipinski definition) is 6. The third-order valence-corrected chi connectivity index (χ3v) is 4.92. The van der Waals surface area contributed by atoms with Crippen LogP contribution in [-0.4, -0.2) is 66.7 Å². The van der Waals surface area contributed by atoms with Crippen molar-refractivity contribution in [2.75, 3.05) is 56.2 Å². The standard InChI is InChI=1S/C20H24N6O2/c1-28-14-9-21-19(27)16-3-4-17-5-6-18(26(17)15-16)24-10-12-25(13-11-24)20-22-7-2-8-23-20/h2-8,15H,9-14H2,1H3,(H,21,27). The molecule has 3 aromatic rings. The zero-order valence-electron chi connectivity index (χ0n) is 15.9. The highest BCUT2D eigenvalue weighted by molar-refractivity contribution is 5.94. The molecule has 1 N–H and O–H groups in total. The number of fused-ring (bicyclic) bond motifs is 1. The molecule has 0 aromatic carbocycles. The van der Waals surface area contributed by atoms with Crippen molar-refractivity contribution in [2.24, 2.45) is 0 Å². The summed E-state index contributed by atoms with van der Waals surface area (Å²) in [4.78, 5) is 25.6. The van der Waals surface area contributed by atoms with Crippen molar-refractivity contribution in [2.45, 2.75) is 0 Å². The third kappa shape index (κ3) is 3.77. The minimum absolute atomic E-state index is 0.0929. The molecule has 4 heterocycles. The number of amides is 1. The molecule has 0 radical (unpaired) electrons. The molecule has 1 fully saturated rings. The summed E-state index contributed by atoms with van der Waals surface area (Å²) in [6.45, 7) is 4.44. The van der Waals surface area contributed by atoms with Crippen LogP contribution in [0.2, 0.25) is 0 Å². The number of pyridine rings is 1. The first kappa shape index (κ1) is 18.2. The van der Waals surface area contributed by atoms with Crippen LogP contribution in [0, 0.1) is 0 Å². The van der Waals surface area contributed by atoms with Crippen LogP contribution in [0.5, 0.6) is 0 Å². The van der Waals surface area contributed by atoms with Gasteiger partial charge in [0, 0.05) is 63.9 Å². The summed E-state index contributed by atoms with van der Waals surface area (Å²) in [6, 6.07) is 9.84. The van der Waals surface area contributed by atoms with Crippen molar-refractivity contribution in [3.05, 3.63) is 54.5 Å². The van der Waals surface area contributed by atoms with E-state index in [1.54, 1.807) is 19.5 Å². The number of rotatable bonds is 6. The van der Waals surface area contributed by atoms with Crippen LogP contribution in [0.15, 0.2) is 48.9 Å². The molecular formula is C20H24N6O2. The number of hydrogen-bond donors (Lipinski definition) is 1. The lowest BCUT2D eigenvalue weighted by Crippen LogP contribution is -2.47. The SMILES string of the molecule is COCCNC(=O)c1ccc2ccc(N3CCN(c4ncccn4)CC3)n2c1. The summed E-state index contributed by atoms with van der Waals surface area (Å²) in [5, 5.41) is 2.87. The Labute approximate surface area is 163 Å². The Morgan fingerprint density at radius 1 is 1.07 bits per heavy atom. The predicted molar refractivity (Wildman–Crippen MR) is 108 cm³/mol. The topological polar surface area (TPSA) is 75.0 Å². The van der Waals surface area contributed by atoms with Crippen molar-refractivity contribution in [1.82, 2.24) is 19.7 Å². The van der Waals surface area contributed by atoms with E-state index in [-0.39, 0.29) is 5.91 Å². The molecule has 146 valence electrons. The van der Waals surface area contributed by atoms with Gasteiger partial charge in [-0.2, -0.15) is 0 Å². The molecule has 0 spiro atoms. The van der Waals surface area contributed by atoms with E-state index in [0.29, 0.717) is 18.7 Å². The lowest BCUT2D eigenvalue weighted by molar-refractivity contribution is 0.0936. The van der Waals surface area contributed by atoms with Gasteiger partial charge in [-0.1, -0.05) is 0 Å². The van der Waals surface area contributed by atoms with Gasteiger partial charge in [0.15, 0.2) is 0 Å². The molecule has 1 saturated heterocycles. The highest BCUT2D eigenvalue weighted by Gasteiger charge is 2.21. The third-order valence-electron chi connectivity index (χ3n) is 4.92. The minimum Gasteiger partial charge on any atom is -0.383 e. The molecule has 0 bridgehead atoms. The Morgan fingerprint density at radius 2 is 1.79 bits per heavy atom. The number of aromatic nitrogens is 3. The molecule has 8 nitrogen and oxygen atoms in total. The first-order chi connectivity index (χ1) is 13.8. The number of carbonyl (C=O) groups is 1. The van der Waals surface area contributed by atoms with Crippen LogP contribution in [0.4, 0.5) is 11.8 Å². The molecule has 8 heteroatoms. The maximum absolute atomic E-state index is 12.4. The molecule has 1 aliphatic heterocycles. The van der Waals surface area contributed by atoms with Crippen molar-refractivity contribution >= 4 is 23.2 Å². The summed E-state index contributed by atoms with van der Waals surface area (Å²) in [5.74, 6) is 1.78. The second-order valence-electron chi connectivity index (χ2n) is 6.68. The molecule has 0 atom stereocenters. The smallest absolute Gasteiger partial charge is 0.252 e. The number of methoxy groups -OCH3 is 1. The lowest BCUT2D eigenvalue weighted by atomic mass is 10.2. The van der Waals surface area contributed by atoms with Gasteiger partial charge in [0.05, 0.1) is 12.2 Å². The van der Waals surface area contributed by atoms with Gasteiger partial charge < -0.3 is 24.3 Å². The van der Waals surface area contributed by atoms with Gasteiger partial charge in [-0.15, -0.1) is 0 Å². The molecule has 28 heavy (non-hydrogen) atoms. The van der Waals surface area contributed by atoms with E-state index in [1.807, 2.05) is 24.4 Å². The number of carbonyl (C=O) groups excluding carboxylic acids is 1. The Bertz CT molecular complexity index is 934. The molecule has 0 aliphatic carbocycles. The first-order valence-electron chi connectivity index (χ1n) is 9.41. The van der Waals surface area contributed by atoms with Crippen LogP contribution in [0.3, 0.4) is 0 Å². The highest BCUT2D eigenvalue weighted by atomic mass is 16.5. The molecule has 0 unspecified atom stereocenters. The summed E-state index contributed by atoms with van der Waals surface area (Å²) in [5.41, 5.74) is 1.70. The van der Waals surface area contributed by atoms with Crippen LogP contribution in [0.1, 0.15) is 10.4 Å². The monoisotopic (exact) mass is 380 g/mol. The van der Waals surface area contributed by atoms with Gasteiger partial charge in [-0.25, -0.2) is 9.97 Å². The normalized spacial score (nSPS) is 14.5. The van der Waals surface area contributed by atoms with E-state index in [4.69, 9.17) is 4.74 Å². The summed E-state index contributed by atoms with van der Waals surface area (Å²) >= 11 is 0. The van der Waals surface area contributed by atoms with Gasteiger partial charge in [-0.3, -0.25) is 4.79 Å². The lowest BCUT2D eigenvalue weighted by Gasteiger charge is -2.35. The van der Waals surface area contributed by atoms with Gasteiger partial charge in [0.25, 0.3) is 5.91 Å². The van der Waals surface area contributed by atoms with Crippen LogP contribution in [-0.2, 0) is 4.74 Å². The summed E-state index contributed by atoms with van der Waals surface area (Å²) < 4.78 is 7.07. The first-order valence-corrected chi connectivity index (χ1v) is 9.41. The molecular weight excluding hydrogens is 356 g/mol. The molecule has 1 aliphatic rings. The number of nitrogens with one attached hydrogen (secondary N) is 1. The van der Waals surface area contributed by atoms with E-state index in [1.165, 1.54) is 0 Å². The fourth-order valence-electron chi connectivity index (χ4n) is 3.44. The zero-order valence-corrected chi connectivity index (χ0v) is 15.9. The zero-order chi connectivity index (χ0) is 19.3. The number of piperazine rings is 1. The predicted octanol–water partition coefficient (Wildman–Crippen LogP) is 1.43. The minimum atomic E-state index is -0.0929. The van der Waals surface area contributed by atoms with E-state index in [9.17, 15) is 4.79 Å². The van der Waals surface area contributed by atoms with E-state index in [0.717, 1.165) is 43.5 Å². The Kier molecular flexibility index (Phi) is 5.38. The van der Waals surface area contributed by atoms with Gasteiger partial charge in [0.2, 0.25) is 5.95 Å². The van der Waals surface area contributed by atoms with Crippen LogP contribution in [0.25, 0.3) is 5.52 Å². The van der Waals surface area contributed by atoms with Crippen LogP contribution < -0.4 is 15.1 Å². The molecule has 1 amide bonds. The van der Waals surface area contributed by atoms with Crippen molar-refractivity contribution in [3.8, 4) is 0 Å². The largest absolute Gasteiger partial charge is 0.383 e.